The van der Waals surface area contributed by atoms with E-state index in [4.69, 9.17) is 17.4 Å². The Morgan fingerprint density at radius 2 is 2.16 bits per heavy atom. The summed E-state index contributed by atoms with van der Waals surface area (Å²) in [6.45, 7) is 1.83. The third kappa shape index (κ3) is 3.01. The molecule has 2 rings (SSSR count). The van der Waals surface area contributed by atoms with Gasteiger partial charge >= 0.3 is 0 Å². The number of amides is 1. The van der Waals surface area contributed by atoms with E-state index in [-0.39, 0.29) is 5.91 Å². The molecule has 19 heavy (non-hydrogen) atoms. The minimum Gasteiger partial charge on any atom is -0.324 e. The monoisotopic (exact) mass is 276 g/mol. The molecule has 6 heteroatoms. The van der Waals surface area contributed by atoms with Crippen LogP contribution in [0.2, 0.25) is 5.02 Å². The van der Waals surface area contributed by atoms with Crippen LogP contribution < -0.4 is 16.6 Å². The number of nitrogen functional groups attached to an aromatic ring is 1. The van der Waals surface area contributed by atoms with E-state index in [2.05, 4.69) is 15.7 Å². The average Bonchev–Trinajstić information content (AvgIpc) is 2.41. The second kappa shape index (κ2) is 5.69. The Balaban J connectivity index is 2.23. The number of carbonyl (C=O) groups is 1. The van der Waals surface area contributed by atoms with Crippen LogP contribution in [0.4, 0.5) is 11.5 Å². The number of rotatable bonds is 3. The minimum atomic E-state index is -0.262. The molecule has 0 aliphatic rings. The first-order chi connectivity index (χ1) is 9.11. The van der Waals surface area contributed by atoms with Gasteiger partial charge in [-0.3, -0.25) is 10.6 Å². The first-order valence-electron chi connectivity index (χ1n) is 5.61. The molecule has 4 N–H and O–H groups in total. The van der Waals surface area contributed by atoms with Crippen molar-refractivity contribution >= 4 is 29.0 Å². The molecular formula is C13H13ClN4O. The van der Waals surface area contributed by atoms with Gasteiger partial charge in [-0.25, -0.2) is 4.98 Å². The maximum atomic E-state index is 12.1. The van der Waals surface area contributed by atoms with E-state index < -0.39 is 0 Å². The summed E-state index contributed by atoms with van der Waals surface area (Å²) in [4.78, 5) is 16.1. The van der Waals surface area contributed by atoms with Gasteiger partial charge in [-0.1, -0.05) is 11.6 Å². The number of pyridine rings is 1. The summed E-state index contributed by atoms with van der Waals surface area (Å²) in [7, 11) is 0. The van der Waals surface area contributed by atoms with Crippen molar-refractivity contribution in [3.05, 3.63) is 52.7 Å². The summed E-state index contributed by atoms with van der Waals surface area (Å²) in [6.07, 6.45) is 1.57. The SMILES string of the molecule is Cc1cc(NN)ccc1C(=O)Nc1ncccc1Cl. The molecule has 0 radical (unpaired) electrons. The van der Waals surface area contributed by atoms with Crippen LogP contribution in [-0.4, -0.2) is 10.9 Å². The van der Waals surface area contributed by atoms with Gasteiger partial charge < -0.3 is 10.7 Å². The van der Waals surface area contributed by atoms with Crippen LogP contribution in [-0.2, 0) is 0 Å². The molecule has 2 aromatic rings. The Labute approximate surface area is 115 Å². The van der Waals surface area contributed by atoms with Crippen LogP contribution in [0.1, 0.15) is 15.9 Å². The summed E-state index contributed by atoms with van der Waals surface area (Å²) in [5, 5.41) is 3.07. The maximum Gasteiger partial charge on any atom is 0.257 e. The molecule has 0 aliphatic heterocycles. The quantitative estimate of drug-likeness (QED) is 0.595. The van der Waals surface area contributed by atoms with E-state index >= 15 is 0 Å². The van der Waals surface area contributed by atoms with Gasteiger partial charge in [-0.2, -0.15) is 0 Å². The number of hydrazine groups is 1. The van der Waals surface area contributed by atoms with Crippen molar-refractivity contribution in [3.63, 3.8) is 0 Å². The molecule has 1 heterocycles. The summed E-state index contributed by atoms with van der Waals surface area (Å²) in [5.74, 6) is 5.39. The van der Waals surface area contributed by atoms with Gasteiger partial charge in [0.1, 0.15) is 0 Å². The molecule has 5 nitrogen and oxygen atoms in total. The number of benzene rings is 1. The molecule has 0 saturated heterocycles. The largest absolute Gasteiger partial charge is 0.324 e. The number of nitrogens with two attached hydrogens (primary N) is 1. The van der Waals surface area contributed by atoms with Crippen molar-refractivity contribution in [3.8, 4) is 0 Å². The zero-order valence-corrected chi connectivity index (χ0v) is 11.0. The minimum absolute atomic E-state index is 0.262. The topological polar surface area (TPSA) is 80.0 Å². The smallest absolute Gasteiger partial charge is 0.257 e. The number of hydrogen-bond acceptors (Lipinski definition) is 4. The van der Waals surface area contributed by atoms with Gasteiger partial charge in [0.05, 0.1) is 5.02 Å². The molecule has 0 atom stereocenters. The molecule has 0 fully saturated rings. The second-order valence-electron chi connectivity index (χ2n) is 3.96. The van der Waals surface area contributed by atoms with E-state index in [1.54, 1.807) is 36.5 Å². The molecule has 0 spiro atoms. The highest BCUT2D eigenvalue weighted by molar-refractivity contribution is 6.33. The zero-order chi connectivity index (χ0) is 13.8. The molecule has 1 aromatic heterocycles. The molecule has 0 aliphatic carbocycles. The fourth-order valence-electron chi connectivity index (χ4n) is 1.66. The summed E-state index contributed by atoms with van der Waals surface area (Å²) >= 11 is 5.94. The first-order valence-corrected chi connectivity index (χ1v) is 5.98. The molecule has 0 unspecified atom stereocenters. The standard InChI is InChI=1S/C13H13ClN4O/c1-8-7-9(18-15)4-5-10(8)13(19)17-12-11(14)3-2-6-16-12/h2-7,18H,15H2,1H3,(H,16,17,19). The van der Waals surface area contributed by atoms with Crippen molar-refractivity contribution in [1.29, 1.82) is 0 Å². The summed E-state index contributed by atoms with van der Waals surface area (Å²) in [5.41, 5.74) is 4.62. The number of nitrogens with one attached hydrogen (secondary N) is 2. The van der Waals surface area contributed by atoms with Crippen LogP contribution in [0, 0.1) is 6.92 Å². The first kappa shape index (κ1) is 13.3. The lowest BCUT2D eigenvalue weighted by Gasteiger charge is -2.09. The lowest BCUT2D eigenvalue weighted by Crippen LogP contribution is -2.15. The summed E-state index contributed by atoms with van der Waals surface area (Å²) in [6, 6.07) is 8.57. The van der Waals surface area contributed by atoms with E-state index in [0.717, 1.165) is 11.3 Å². The Morgan fingerprint density at radius 1 is 1.37 bits per heavy atom. The van der Waals surface area contributed by atoms with E-state index in [0.29, 0.717) is 16.4 Å². The molecule has 0 saturated carbocycles. The van der Waals surface area contributed by atoms with Gasteiger partial charge in [0, 0.05) is 17.4 Å². The Kier molecular flexibility index (Phi) is 3.99. The van der Waals surface area contributed by atoms with Crippen molar-refractivity contribution in [2.24, 2.45) is 5.84 Å². The van der Waals surface area contributed by atoms with Gasteiger partial charge in [-0.05, 0) is 42.8 Å². The van der Waals surface area contributed by atoms with Crippen LogP contribution in [0.5, 0.6) is 0 Å². The van der Waals surface area contributed by atoms with Crippen LogP contribution >= 0.6 is 11.6 Å². The fraction of sp³-hybridized carbons (Fsp3) is 0.0769. The third-order valence-corrected chi connectivity index (χ3v) is 2.93. The molecule has 98 valence electrons. The fourth-order valence-corrected chi connectivity index (χ4v) is 1.83. The number of nitrogens with zero attached hydrogens (tertiary/aromatic N) is 1. The van der Waals surface area contributed by atoms with Crippen molar-refractivity contribution < 1.29 is 4.79 Å². The molecule has 1 amide bonds. The van der Waals surface area contributed by atoms with Gasteiger partial charge in [0.2, 0.25) is 0 Å². The Bertz CT molecular complexity index is 615. The number of aromatic nitrogens is 1. The molecular weight excluding hydrogens is 264 g/mol. The zero-order valence-electron chi connectivity index (χ0n) is 10.3. The molecule has 1 aromatic carbocycles. The number of aryl methyl sites for hydroxylation is 1. The predicted octanol–water partition coefficient (Wildman–Crippen LogP) is 2.58. The van der Waals surface area contributed by atoms with E-state index in [1.165, 1.54) is 0 Å². The number of hydrogen-bond donors (Lipinski definition) is 3. The average molecular weight is 277 g/mol. The third-order valence-electron chi connectivity index (χ3n) is 2.63. The lowest BCUT2D eigenvalue weighted by molar-refractivity contribution is 0.102. The molecule has 0 bridgehead atoms. The highest BCUT2D eigenvalue weighted by Crippen LogP contribution is 2.20. The van der Waals surface area contributed by atoms with Crippen LogP contribution in [0.3, 0.4) is 0 Å². The number of halogens is 1. The highest BCUT2D eigenvalue weighted by Gasteiger charge is 2.11. The van der Waals surface area contributed by atoms with Crippen LogP contribution in [0.25, 0.3) is 0 Å². The second-order valence-corrected chi connectivity index (χ2v) is 4.37. The van der Waals surface area contributed by atoms with Gasteiger partial charge in [0.15, 0.2) is 5.82 Å². The van der Waals surface area contributed by atoms with Crippen molar-refractivity contribution in [2.75, 3.05) is 10.7 Å². The van der Waals surface area contributed by atoms with Crippen molar-refractivity contribution in [1.82, 2.24) is 4.98 Å². The van der Waals surface area contributed by atoms with Crippen molar-refractivity contribution in [2.45, 2.75) is 6.92 Å². The number of anilines is 2. The number of carbonyl (C=O) groups excluding carboxylic acids is 1. The Morgan fingerprint density at radius 3 is 2.79 bits per heavy atom. The van der Waals surface area contributed by atoms with E-state index in [1.807, 2.05) is 6.92 Å². The predicted molar refractivity (Wildman–Crippen MR) is 76.2 cm³/mol. The summed E-state index contributed by atoms with van der Waals surface area (Å²) < 4.78 is 0. The van der Waals surface area contributed by atoms with Gasteiger partial charge in [0.25, 0.3) is 5.91 Å². The Hall–Kier alpha value is -2.11. The highest BCUT2D eigenvalue weighted by atomic mass is 35.5. The van der Waals surface area contributed by atoms with Crippen LogP contribution in [0.15, 0.2) is 36.5 Å². The van der Waals surface area contributed by atoms with E-state index in [9.17, 15) is 4.79 Å². The normalized spacial score (nSPS) is 10.1. The maximum absolute atomic E-state index is 12.1. The van der Waals surface area contributed by atoms with Gasteiger partial charge in [-0.15, -0.1) is 0 Å². The lowest BCUT2D eigenvalue weighted by atomic mass is 10.1.